The second-order valence-electron chi connectivity index (χ2n) is 11.8. The number of aromatic nitrogens is 1. The minimum Gasteiger partial charge on any atom is -0.376 e. The van der Waals surface area contributed by atoms with Crippen LogP contribution in [0.25, 0.3) is 0 Å². The van der Waals surface area contributed by atoms with Gasteiger partial charge in [0, 0.05) is 44.3 Å². The molecule has 3 N–H and O–H groups in total. The van der Waals surface area contributed by atoms with E-state index < -0.39 is 6.04 Å². The van der Waals surface area contributed by atoms with Crippen LogP contribution in [0.2, 0.25) is 0 Å². The normalized spacial score (nSPS) is 29.7. The molecule has 10 heteroatoms. The molecule has 0 radical (unpaired) electrons. The number of carbonyl (C=O) groups excluding carboxylic acids is 3. The second kappa shape index (κ2) is 12.2. The second-order valence-corrected chi connectivity index (χ2v) is 11.8. The number of amides is 3. The summed E-state index contributed by atoms with van der Waals surface area (Å²) in [5.41, 5.74) is 6.05. The third-order valence-electron chi connectivity index (χ3n) is 8.92. The van der Waals surface area contributed by atoms with Crippen LogP contribution in [0, 0.1) is 24.7 Å². The Hall–Kier alpha value is -2.46. The van der Waals surface area contributed by atoms with Crippen LogP contribution in [-0.2, 0) is 14.3 Å². The van der Waals surface area contributed by atoms with Crippen molar-refractivity contribution >= 4 is 17.7 Å². The van der Waals surface area contributed by atoms with Gasteiger partial charge in [0.25, 0.3) is 5.91 Å². The Labute approximate surface area is 225 Å². The molecule has 3 amide bonds. The summed E-state index contributed by atoms with van der Waals surface area (Å²) in [6.07, 6.45) is 9.22. The number of nitrogens with zero attached hydrogens (tertiary/aromatic N) is 3. The predicted molar refractivity (Wildman–Crippen MR) is 140 cm³/mol. The van der Waals surface area contributed by atoms with Gasteiger partial charge in [0.15, 0.2) is 5.69 Å². The number of likely N-dealkylation sites (tertiary alicyclic amines) is 1. The number of carbonyl (C=O) groups is 3. The van der Waals surface area contributed by atoms with Gasteiger partial charge in [-0.2, -0.15) is 0 Å². The monoisotopic (exact) mass is 529 g/mol. The molecule has 1 aromatic heterocycles. The van der Waals surface area contributed by atoms with Crippen molar-refractivity contribution in [3.8, 4) is 0 Å². The van der Waals surface area contributed by atoms with Crippen LogP contribution in [0.15, 0.2) is 10.6 Å². The Bertz CT molecular complexity index is 980. The molecule has 3 atom stereocenters. The van der Waals surface area contributed by atoms with Gasteiger partial charge in [-0.15, -0.1) is 0 Å². The summed E-state index contributed by atoms with van der Waals surface area (Å²) in [4.78, 5) is 44.0. The Morgan fingerprint density at radius 1 is 1.11 bits per heavy atom. The van der Waals surface area contributed by atoms with Gasteiger partial charge >= 0.3 is 0 Å². The van der Waals surface area contributed by atoms with Crippen LogP contribution < -0.4 is 11.1 Å². The number of hydrogen-bond acceptors (Lipinski definition) is 7. The number of hydrogen-bond donors (Lipinski definition) is 2. The summed E-state index contributed by atoms with van der Waals surface area (Å²) < 4.78 is 11.0. The summed E-state index contributed by atoms with van der Waals surface area (Å²) in [6, 6.07) is 0.836. The molecule has 210 valence electrons. The van der Waals surface area contributed by atoms with Gasteiger partial charge in [0.2, 0.25) is 11.8 Å². The SMILES string of the molecule is Cc1cc(C(=O)N2CCC(N(CC3CCCO3)C(=O)C3CC3)C[C@@H]2C(=O)NCC2CCC(CN)CC2)no1. The molecule has 0 aromatic carbocycles. The number of rotatable bonds is 9. The number of piperidine rings is 1. The van der Waals surface area contributed by atoms with Crippen molar-refractivity contribution in [3.63, 3.8) is 0 Å². The maximum absolute atomic E-state index is 13.6. The van der Waals surface area contributed by atoms with E-state index in [0.717, 1.165) is 64.5 Å². The van der Waals surface area contributed by atoms with Crippen molar-refractivity contribution in [2.45, 2.75) is 89.3 Å². The molecule has 3 heterocycles. The first-order valence-corrected chi connectivity index (χ1v) is 14.6. The summed E-state index contributed by atoms with van der Waals surface area (Å²) in [6.45, 7) is 4.75. The molecule has 5 rings (SSSR count). The molecule has 2 saturated heterocycles. The lowest BCUT2D eigenvalue weighted by molar-refractivity contribution is -0.140. The molecule has 2 aliphatic carbocycles. The zero-order valence-electron chi connectivity index (χ0n) is 22.6. The van der Waals surface area contributed by atoms with Crippen molar-refractivity contribution < 1.29 is 23.6 Å². The van der Waals surface area contributed by atoms with E-state index in [1.807, 2.05) is 4.90 Å². The molecule has 38 heavy (non-hydrogen) atoms. The Morgan fingerprint density at radius 3 is 2.50 bits per heavy atom. The van der Waals surface area contributed by atoms with Crippen LogP contribution in [0.5, 0.6) is 0 Å². The molecule has 2 saturated carbocycles. The zero-order valence-corrected chi connectivity index (χ0v) is 22.6. The fraction of sp³-hybridized carbons (Fsp3) is 0.786. The minimum atomic E-state index is -0.669. The molecule has 4 aliphatic rings. The third-order valence-corrected chi connectivity index (χ3v) is 8.92. The highest BCUT2D eigenvalue weighted by atomic mass is 16.5. The van der Waals surface area contributed by atoms with Crippen molar-refractivity contribution in [1.82, 2.24) is 20.3 Å². The maximum Gasteiger partial charge on any atom is 0.276 e. The highest BCUT2D eigenvalue weighted by molar-refractivity contribution is 5.96. The van der Waals surface area contributed by atoms with Gasteiger partial charge in [0.05, 0.1) is 6.10 Å². The fourth-order valence-corrected chi connectivity index (χ4v) is 6.36. The summed E-state index contributed by atoms with van der Waals surface area (Å²) in [5, 5.41) is 7.07. The van der Waals surface area contributed by atoms with E-state index in [0.29, 0.717) is 50.1 Å². The van der Waals surface area contributed by atoms with Crippen LogP contribution in [0.3, 0.4) is 0 Å². The first kappa shape index (κ1) is 27.1. The molecule has 4 fully saturated rings. The molecule has 2 aliphatic heterocycles. The average molecular weight is 530 g/mol. The predicted octanol–water partition coefficient (Wildman–Crippen LogP) is 2.26. The van der Waals surface area contributed by atoms with E-state index in [2.05, 4.69) is 10.5 Å². The average Bonchev–Trinajstić information content (AvgIpc) is 3.49. The molecular weight excluding hydrogens is 486 g/mol. The highest BCUT2D eigenvalue weighted by Crippen LogP contribution is 2.35. The van der Waals surface area contributed by atoms with E-state index >= 15 is 0 Å². The standard InChI is InChI=1S/C28H43N5O5/c1-18-13-24(31-38-18)28(36)32-11-10-22(33(27(35)21-8-9-21)17-23-3-2-12-37-23)14-25(32)26(34)30-16-20-6-4-19(15-29)5-7-20/h13,19-23,25H,2-12,14-17,29H2,1H3,(H,30,34)/t19?,20?,22?,23?,25-/m1/s1. The van der Waals surface area contributed by atoms with Crippen molar-refractivity contribution in [1.29, 1.82) is 0 Å². The largest absolute Gasteiger partial charge is 0.376 e. The number of aryl methyl sites for hydroxylation is 1. The summed E-state index contributed by atoms with van der Waals surface area (Å²) in [5.74, 6) is 1.37. The smallest absolute Gasteiger partial charge is 0.276 e. The molecular formula is C28H43N5O5. The Morgan fingerprint density at radius 2 is 1.87 bits per heavy atom. The lowest BCUT2D eigenvalue weighted by Crippen LogP contribution is -2.59. The molecule has 2 unspecified atom stereocenters. The Kier molecular flexibility index (Phi) is 8.67. The fourth-order valence-electron chi connectivity index (χ4n) is 6.36. The quantitative estimate of drug-likeness (QED) is 0.502. The molecule has 1 aromatic rings. The number of ether oxygens (including phenoxy) is 1. The van der Waals surface area contributed by atoms with E-state index in [4.69, 9.17) is 15.0 Å². The molecule has 0 bridgehead atoms. The lowest BCUT2D eigenvalue weighted by Gasteiger charge is -2.43. The van der Waals surface area contributed by atoms with Crippen molar-refractivity contribution in [2.75, 3.05) is 32.8 Å². The number of nitrogens with one attached hydrogen (secondary N) is 1. The Balaban J connectivity index is 1.29. The molecule has 10 nitrogen and oxygen atoms in total. The van der Waals surface area contributed by atoms with Crippen LogP contribution >= 0.6 is 0 Å². The van der Waals surface area contributed by atoms with E-state index in [1.54, 1.807) is 17.9 Å². The maximum atomic E-state index is 13.6. The topological polar surface area (TPSA) is 131 Å². The minimum absolute atomic E-state index is 0.0476. The van der Waals surface area contributed by atoms with Gasteiger partial charge in [-0.3, -0.25) is 14.4 Å². The van der Waals surface area contributed by atoms with E-state index in [1.165, 1.54) is 0 Å². The first-order chi connectivity index (χ1) is 18.4. The van der Waals surface area contributed by atoms with Gasteiger partial charge in [0.1, 0.15) is 11.8 Å². The zero-order chi connectivity index (χ0) is 26.6. The van der Waals surface area contributed by atoms with Crippen LogP contribution in [-0.4, -0.2) is 83.7 Å². The van der Waals surface area contributed by atoms with Crippen molar-refractivity contribution in [2.24, 2.45) is 23.5 Å². The first-order valence-electron chi connectivity index (χ1n) is 14.6. The third kappa shape index (κ3) is 6.39. The molecule has 0 spiro atoms. The van der Waals surface area contributed by atoms with E-state index in [-0.39, 0.29) is 41.5 Å². The highest BCUT2D eigenvalue weighted by Gasteiger charge is 2.44. The summed E-state index contributed by atoms with van der Waals surface area (Å²) >= 11 is 0. The van der Waals surface area contributed by atoms with Crippen LogP contribution in [0.4, 0.5) is 0 Å². The lowest BCUT2D eigenvalue weighted by atomic mass is 9.82. The van der Waals surface area contributed by atoms with E-state index in [9.17, 15) is 14.4 Å². The van der Waals surface area contributed by atoms with Gasteiger partial charge in [-0.25, -0.2) is 0 Å². The van der Waals surface area contributed by atoms with Gasteiger partial charge < -0.3 is 30.1 Å². The van der Waals surface area contributed by atoms with Gasteiger partial charge in [-0.1, -0.05) is 5.16 Å². The van der Waals surface area contributed by atoms with Crippen LogP contribution in [0.1, 0.15) is 80.5 Å². The van der Waals surface area contributed by atoms with Crippen molar-refractivity contribution in [3.05, 3.63) is 17.5 Å². The number of nitrogens with two attached hydrogens (primary N) is 1. The summed E-state index contributed by atoms with van der Waals surface area (Å²) in [7, 11) is 0. The van der Waals surface area contributed by atoms with Gasteiger partial charge in [-0.05, 0) is 89.5 Å².